The number of aromatic nitrogens is 2. The van der Waals surface area contributed by atoms with Crippen molar-refractivity contribution in [1.82, 2.24) is 9.97 Å². The SMILES string of the molecule is O=C(Nc1ccc(Oc2ccncc2)cc1)c1ccc(Nc2ccncc2)cc1. The summed E-state index contributed by atoms with van der Waals surface area (Å²) in [5.41, 5.74) is 3.09. The van der Waals surface area contributed by atoms with E-state index in [1.54, 1.807) is 73.3 Å². The second-order valence-electron chi connectivity index (χ2n) is 6.20. The van der Waals surface area contributed by atoms with Gasteiger partial charge in [0.25, 0.3) is 5.91 Å². The molecule has 0 saturated heterocycles. The summed E-state index contributed by atoms with van der Waals surface area (Å²) in [5.74, 6) is 1.21. The van der Waals surface area contributed by atoms with E-state index in [2.05, 4.69) is 20.6 Å². The molecule has 29 heavy (non-hydrogen) atoms. The van der Waals surface area contributed by atoms with Gasteiger partial charge in [-0.25, -0.2) is 0 Å². The van der Waals surface area contributed by atoms with E-state index in [9.17, 15) is 4.79 Å². The minimum Gasteiger partial charge on any atom is -0.457 e. The monoisotopic (exact) mass is 382 g/mol. The summed E-state index contributed by atoms with van der Waals surface area (Å²) in [5, 5.41) is 6.14. The molecule has 4 aromatic rings. The quantitative estimate of drug-likeness (QED) is 0.475. The third-order valence-electron chi connectivity index (χ3n) is 4.11. The minimum absolute atomic E-state index is 0.178. The van der Waals surface area contributed by atoms with E-state index in [1.165, 1.54) is 0 Å². The first-order valence-electron chi connectivity index (χ1n) is 9.03. The Hall–Kier alpha value is -4.19. The molecule has 4 rings (SSSR count). The highest BCUT2D eigenvalue weighted by molar-refractivity contribution is 6.04. The molecule has 2 aromatic carbocycles. The molecule has 0 aliphatic rings. The van der Waals surface area contributed by atoms with Crippen molar-refractivity contribution in [1.29, 1.82) is 0 Å². The van der Waals surface area contributed by atoms with Crippen molar-refractivity contribution in [2.45, 2.75) is 0 Å². The Kier molecular flexibility index (Phi) is 5.43. The van der Waals surface area contributed by atoms with Gasteiger partial charge in [-0.1, -0.05) is 0 Å². The molecule has 6 heteroatoms. The molecule has 0 aliphatic heterocycles. The van der Waals surface area contributed by atoms with Crippen LogP contribution in [0.25, 0.3) is 0 Å². The number of nitrogens with zero attached hydrogens (tertiary/aromatic N) is 2. The molecule has 1 amide bonds. The zero-order valence-corrected chi connectivity index (χ0v) is 15.4. The van der Waals surface area contributed by atoms with Crippen LogP contribution in [0.2, 0.25) is 0 Å². The van der Waals surface area contributed by atoms with Crippen LogP contribution in [0.1, 0.15) is 10.4 Å². The maximum Gasteiger partial charge on any atom is 0.255 e. The van der Waals surface area contributed by atoms with Gasteiger partial charge >= 0.3 is 0 Å². The largest absolute Gasteiger partial charge is 0.457 e. The lowest BCUT2D eigenvalue weighted by molar-refractivity contribution is 0.102. The van der Waals surface area contributed by atoms with Crippen LogP contribution in [0, 0.1) is 0 Å². The highest BCUT2D eigenvalue weighted by Gasteiger charge is 2.07. The van der Waals surface area contributed by atoms with Crippen molar-refractivity contribution in [2.24, 2.45) is 0 Å². The summed E-state index contributed by atoms with van der Waals surface area (Å²) in [7, 11) is 0. The van der Waals surface area contributed by atoms with E-state index in [0.29, 0.717) is 22.7 Å². The van der Waals surface area contributed by atoms with Crippen molar-refractivity contribution in [3.63, 3.8) is 0 Å². The second kappa shape index (κ2) is 8.67. The smallest absolute Gasteiger partial charge is 0.255 e. The predicted octanol–water partition coefficient (Wildman–Crippen LogP) is 5.26. The van der Waals surface area contributed by atoms with Gasteiger partial charge in [-0.3, -0.25) is 14.8 Å². The molecule has 2 aromatic heterocycles. The fraction of sp³-hybridized carbons (Fsp3) is 0. The number of rotatable bonds is 6. The van der Waals surface area contributed by atoms with Gasteiger partial charge in [0.2, 0.25) is 0 Å². The third-order valence-corrected chi connectivity index (χ3v) is 4.11. The summed E-state index contributed by atoms with van der Waals surface area (Å²) >= 11 is 0. The predicted molar refractivity (Wildman–Crippen MR) is 113 cm³/mol. The van der Waals surface area contributed by atoms with Crippen LogP contribution < -0.4 is 15.4 Å². The summed E-state index contributed by atoms with van der Waals surface area (Å²) in [6, 6.07) is 21.8. The summed E-state index contributed by atoms with van der Waals surface area (Å²) < 4.78 is 5.72. The van der Waals surface area contributed by atoms with Gasteiger partial charge in [-0.2, -0.15) is 0 Å². The number of amides is 1. The van der Waals surface area contributed by atoms with Gasteiger partial charge in [0.05, 0.1) is 0 Å². The molecule has 0 aliphatic carbocycles. The molecular weight excluding hydrogens is 364 g/mol. The number of hydrogen-bond acceptors (Lipinski definition) is 5. The molecule has 2 heterocycles. The van der Waals surface area contributed by atoms with Crippen molar-refractivity contribution < 1.29 is 9.53 Å². The number of ether oxygens (including phenoxy) is 1. The van der Waals surface area contributed by atoms with Gasteiger partial charge < -0.3 is 15.4 Å². The molecule has 0 spiro atoms. The highest BCUT2D eigenvalue weighted by atomic mass is 16.5. The van der Waals surface area contributed by atoms with Crippen molar-refractivity contribution >= 4 is 23.0 Å². The average Bonchev–Trinajstić information content (AvgIpc) is 2.77. The zero-order chi connectivity index (χ0) is 19.9. The number of pyridine rings is 2. The molecule has 142 valence electrons. The van der Waals surface area contributed by atoms with Gasteiger partial charge in [-0.15, -0.1) is 0 Å². The minimum atomic E-state index is -0.178. The molecule has 2 N–H and O–H groups in total. The Bertz CT molecular complexity index is 1070. The van der Waals surface area contributed by atoms with Crippen molar-refractivity contribution in [2.75, 3.05) is 10.6 Å². The van der Waals surface area contributed by atoms with E-state index in [4.69, 9.17) is 4.74 Å². The summed E-state index contributed by atoms with van der Waals surface area (Å²) in [4.78, 5) is 20.4. The molecule has 0 saturated carbocycles. The van der Waals surface area contributed by atoms with Gasteiger partial charge in [-0.05, 0) is 72.8 Å². The van der Waals surface area contributed by atoms with Crippen LogP contribution in [0.15, 0.2) is 97.6 Å². The average molecular weight is 382 g/mol. The number of hydrogen-bond donors (Lipinski definition) is 2. The van der Waals surface area contributed by atoms with Gasteiger partial charge in [0, 0.05) is 47.4 Å². The van der Waals surface area contributed by atoms with Crippen LogP contribution >= 0.6 is 0 Å². The van der Waals surface area contributed by atoms with Gasteiger partial charge in [0.15, 0.2) is 0 Å². The molecular formula is C23H18N4O2. The van der Waals surface area contributed by atoms with Crippen LogP contribution in [-0.2, 0) is 0 Å². The molecule has 6 nitrogen and oxygen atoms in total. The molecule has 0 fully saturated rings. The fourth-order valence-corrected chi connectivity index (χ4v) is 2.66. The van der Waals surface area contributed by atoms with E-state index >= 15 is 0 Å². The maximum absolute atomic E-state index is 12.5. The Morgan fingerprint density at radius 3 is 1.79 bits per heavy atom. The summed E-state index contributed by atoms with van der Waals surface area (Å²) in [6.45, 7) is 0. The number of carbonyl (C=O) groups excluding carboxylic acids is 1. The maximum atomic E-state index is 12.5. The Morgan fingerprint density at radius 1 is 0.621 bits per heavy atom. The van der Waals surface area contributed by atoms with Crippen molar-refractivity contribution in [3.8, 4) is 11.5 Å². The number of anilines is 3. The highest BCUT2D eigenvalue weighted by Crippen LogP contribution is 2.23. The van der Waals surface area contributed by atoms with Crippen LogP contribution in [0.4, 0.5) is 17.1 Å². The Balaban J connectivity index is 1.36. The first-order chi connectivity index (χ1) is 14.3. The lowest BCUT2D eigenvalue weighted by Gasteiger charge is -2.09. The van der Waals surface area contributed by atoms with Gasteiger partial charge in [0.1, 0.15) is 11.5 Å². The topological polar surface area (TPSA) is 76.1 Å². The molecule has 0 unspecified atom stereocenters. The summed E-state index contributed by atoms with van der Waals surface area (Å²) in [6.07, 6.45) is 6.78. The number of nitrogens with one attached hydrogen (secondary N) is 2. The van der Waals surface area contributed by atoms with E-state index in [0.717, 1.165) is 11.4 Å². The number of benzene rings is 2. The molecule has 0 bridgehead atoms. The number of carbonyl (C=O) groups is 1. The molecule has 0 radical (unpaired) electrons. The standard InChI is InChI=1S/C23H18N4O2/c28-23(17-1-3-18(4-2-17)26-20-9-13-24-14-10-20)27-19-5-7-21(8-6-19)29-22-11-15-25-16-12-22/h1-16H,(H,24,26)(H,27,28). The van der Waals surface area contributed by atoms with Crippen LogP contribution in [0.3, 0.4) is 0 Å². The van der Waals surface area contributed by atoms with Crippen LogP contribution in [0.5, 0.6) is 11.5 Å². The van der Waals surface area contributed by atoms with E-state index < -0.39 is 0 Å². The lowest BCUT2D eigenvalue weighted by Crippen LogP contribution is -2.11. The first-order valence-corrected chi connectivity index (χ1v) is 9.03. The van der Waals surface area contributed by atoms with E-state index in [-0.39, 0.29) is 5.91 Å². The normalized spacial score (nSPS) is 10.2. The Morgan fingerprint density at radius 2 is 1.14 bits per heavy atom. The van der Waals surface area contributed by atoms with E-state index in [1.807, 2.05) is 24.3 Å². The van der Waals surface area contributed by atoms with Crippen LogP contribution in [-0.4, -0.2) is 15.9 Å². The third kappa shape index (κ3) is 4.95. The molecule has 0 atom stereocenters. The fourth-order valence-electron chi connectivity index (χ4n) is 2.66. The Labute approximate surface area is 168 Å². The first kappa shape index (κ1) is 18.2. The van der Waals surface area contributed by atoms with Crippen molar-refractivity contribution in [3.05, 3.63) is 103 Å². The zero-order valence-electron chi connectivity index (χ0n) is 15.4. The second-order valence-corrected chi connectivity index (χ2v) is 6.20. The lowest BCUT2D eigenvalue weighted by atomic mass is 10.2.